The van der Waals surface area contributed by atoms with Crippen molar-refractivity contribution in [2.75, 3.05) is 6.61 Å². The van der Waals surface area contributed by atoms with Crippen LogP contribution in [0.15, 0.2) is 46.9 Å². The normalized spacial score (nSPS) is 17.2. The van der Waals surface area contributed by atoms with Crippen molar-refractivity contribution in [1.82, 2.24) is 14.8 Å². The molecule has 0 spiro atoms. The first-order valence-electron chi connectivity index (χ1n) is 8.25. The van der Waals surface area contributed by atoms with Crippen LogP contribution in [0.1, 0.15) is 18.4 Å². The van der Waals surface area contributed by atoms with Crippen molar-refractivity contribution in [3.8, 4) is 10.7 Å². The largest absolute Gasteiger partial charge is 0.376 e. The Morgan fingerprint density at radius 1 is 1.28 bits per heavy atom. The number of rotatable bonds is 6. The maximum atomic E-state index is 6.09. The molecule has 1 aliphatic heterocycles. The summed E-state index contributed by atoms with van der Waals surface area (Å²) in [5, 5.41) is 12.7. The van der Waals surface area contributed by atoms with Gasteiger partial charge in [0, 0.05) is 17.4 Å². The second kappa shape index (κ2) is 7.91. The van der Waals surface area contributed by atoms with Gasteiger partial charge < -0.3 is 4.74 Å². The first-order valence-corrected chi connectivity index (χ1v) is 10.5. The standard InChI is InChI=1S/C18H18ClN3OS2/c19-14-5-1-4-13(10-14)12-25-18-21-20-17(16-7-3-9-24-16)22(18)11-15-6-2-8-23-15/h1,3-5,7,9-10,15H,2,6,8,11-12H2/t15-/m0/s1. The highest BCUT2D eigenvalue weighted by Gasteiger charge is 2.22. The van der Waals surface area contributed by atoms with E-state index in [1.807, 2.05) is 24.3 Å². The molecule has 0 radical (unpaired) electrons. The summed E-state index contributed by atoms with van der Waals surface area (Å²) in [4.78, 5) is 1.14. The van der Waals surface area contributed by atoms with E-state index in [1.165, 1.54) is 5.56 Å². The average Bonchev–Trinajstić information content (AvgIpc) is 3.36. The minimum absolute atomic E-state index is 0.250. The van der Waals surface area contributed by atoms with Crippen molar-refractivity contribution in [3.63, 3.8) is 0 Å². The van der Waals surface area contributed by atoms with E-state index in [2.05, 4.69) is 32.3 Å². The van der Waals surface area contributed by atoms with Crippen molar-refractivity contribution < 1.29 is 4.74 Å². The molecule has 4 rings (SSSR count). The Balaban J connectivity index is 1.57. The molecule has 0 unspecified atom stereocenters. The van der Waals surface area contributed by atoms with Gasteiger partial charge >= 0.3 is 0 Å². The molecule has 3 aromatic rings. The van der Waals surface area contributed by atoms with Gasteiger partial charge in [-0.15, -0.1) is 21.5 Å². The maximum Gasteiger partial charge on any atom is 0.191 e. The molecule has 130 valence electrons. The molecule has 1 saturated heterocycles. The van der Waals surface area contributed by atoms with Crippen molar-refractivity contribution in [2.24, 2.45) is 0 Å². The lowest BCUT2D eigenvalue weighted by Crippen LogP contribution is -2.16. The van der Waals surface area contributed by atoms with E-state index in [0.717, 1.165) is 52.6 Å². The highest BCUT2D eigenvalue weighted by Crippen LogP contribution is 2.30. The summed E-state index contributed by atoms with van der Waals surface area (Å²) >= 11 is 9.46. The van der Waals surface area contributed by atoms with Crippen LogP contribution in [0.2, 0.25) is 5.02 Å². The number of ether oxygens (including phenoxy) is 1. The molecule has 7 heteroatoms. The highest BCUT2D eigenvalue weighted by molar-refractivity contribution is 7.98. The second-order valence-electron chi connectivity index (χ2n) is 5.95. The molecule has 0 bridgehead atoms. The van der Waals surface area contributed by atoms with Crippen LogP contribution in [0.3, 0.4) is 0 Å². The third-order valence-corrected chi connectivity index (χ3v) is 6.26. The second-order valence-corrected chi connectivity index (χ2v) is 8.27. The number of hydrogen-bond donors (Lipinski definition) is 0. The van der Waals surface area contributed by atoms with Crippen molar-refractivity contribution in [1.29, 1.82) is 0 Å². The number of nitrogens with zero attached hydrogens (tertiary/aromatic N) is 3. The SMILES string of the molecule is Clc1cccc(CSc2nnc(-c3cccs3)n2C[C@@H]2CCCO2)c1. The molecule has 0 saturated carbocycles. The van der Waals surface area contributed by atoms with Gasteiger partial charge in [-0.2, -0.15) is 0 Å². The number of thioether (sulfide) groups is 1. The monoisotopic (exact) mass is 391 g/mol. The van der Waals surface area contributed by atoms with E-state index >= 15 is 0 Å². The number of halogens is 1. The summed E-state index contributed by atoms with van der Waals surface area (Å²) < 4.78 is 8.04. The molecule has 1 atom stereocenters. The third kappa shape index (κ3) is 4.08. The molecule has 2 aromatic heterocycles. The van der Waals surface area contributed by atoms with Crippen LogP contribution in [0.4, 0.5) is 0 Å². The molecular formula is C18H18ClN3OS2. The Labute approximate surface area is 160 Å². The molecule has 1 fully saturated rings. The first kappa shape index (κ1) is 17.1. The van der Waals surface area contributed by atoms with E-state index in [-0.39, 0.29) is 6.10 Å². The van der Waals surface area contributed by atoms with Gasteiger partial charge in [-0.25, -0.2) is 0 Å². The molecule has 1 aromatic carbocycles. The third-order valence-electron chi connectivity index (χ3n) is 4.13. The van der Waals surface area contributed by atoms with E-state index in [0.29, 0.717) is 0 Å². The van der Waals surface area contributed by atoms with E-state index < -0.39 is 0 Å². The van der Waals surface area contributed by atoms with Gasteiger partial charge in [-0.3, -0.25) is 4.57 Å². The lowest BCUT2D eigenvalue weighted by atomic mass is 10.2. The van der Waals surface area contributed by atoms with Crippen LogP contribution < -0.4 is 0 Å². The number of thiophene rings is 1. The zero-order chi connectivity index (χ0) is 17.1. The Bertz CT molecular complexity index is 829. The average molecular weight is 392 g/mol. The van der Waals surface area contributed by atoms with Crippen LogP contribution in [-0.2, 0) is 17.0 Å². The van der Waals surface area contributed by atoms with Gasteiger partial charge in [0.2, 0.25) is 0 Å². The molecule has 1 aliphatic rings. The Kier molecular flexibility index (Phi) is 5.41. The van der Waals surface area contributed by atoms with Crippen LogP contribution >= 0.6 is 34.7 Å². The summed E-state index contributed by atoms with van der Waals surface area (Å²) in [7, 11) is 0. The lowest BCUT2D eigenvalue weighted by Gasteiger charge is -2.14. The quantitative estimate of drug-likeness (QED) is 0.546. The Hall–Kier alpha value is -1.34. The van der Waals surface area contributed by atoms with Crippen molar-refractivity contribution in [2.45, 2.75) is 36.4 Å². The van der Waals surface area contributed by atoms with Crippen LogP contribution in [0, 0.1) is 0 Å². The fourth-order valence-electron chi connectivity index (χ4n) is 2.91. The van der Waals surface area contributed by atoms with Gasteiger partial charge in [-0.05, 0) is 42.0 Å². The fourth-order valence-corrected chi connectivity index (χ4v) is 4.74. The highest BCUT2D eigenvalue weighted by atomic mass is 35.5. The molecule has 0 N–H and O–H groups in total. The number of hydrogen-bond acceptors (Lipinski definition) is 5. The molecule has 0 amide bonds. The van der Waals surface area contributed by atoms with Crippen LogP contribution in [0.25, 0.3) is 10.7 Å². The molecule has 0 aliphatic carbocycles. The van der Waals surface area contributed by atoms with E-state index in [1.54, 1.807) is 23.1 Å². The predicted octanol–water partition coefficient (Wildman–Crippen LogP) is 5.13. The first-order chi connectivity index (χ1) is 12.3. The van der Waals surface area contributed by atoms with Gasteiger partial charge in [-0.1, -0.05) is 41.6 Å². The summed E-state index contributed by atoms with van der Waals surface area (Å²) in [5.41, 5.74) is 1.18. The van der Waals surface area contributed by atoms with Gasteiger partial charge in [0.1, 0.15) is 0 Å². The molecule has 25 heavy (non-hydrogen) atoms. The fraction of sp³-hybridized carbons (Fsp3) is 0.333. The topological polar surface area (TPSA) is 39.9 Å². The lowest BCUT2D eigenvalue weighted by molar-refractivity contribution is 0.0953. The molecule has 3 heterocycles. The van der Waals surface area contributed by atoms with Crippen molar-refractivity contribution >= 4 is 34.7 Å². The molecular weight excluding hydrogens is 374 g/mol. The van der Waals surface area contributed by atoms with Crippen LogP contribution in [-0.4, -0.2) is 27.5 Å². The maximum absolute atomic E-state index is 6.09. The zero-order valence-electron chi connectivity index (χ0n) is 13.6. The van der Waals surface area contributed by atoms with E-state index in [9.17, 15) is 0 Å². The zero-order valence-corrected chi connectivity index (χ0v) is 16.0. The predicted molar refractivity (Wildman–Crippen MR) is 103 cm³/mol. The minimum Gasteiger partial charge on any atom is -0.376 e. The van der Waals surface area contributed by atoms with Gasteiger partial charge in [0.05, 0.1) is 17.5 Å². The Morgan fingerprint density at radius 2 is 2.24 bits per heavy atom. The Morgan fingerprint density at radius 3 is 3.00 bits per heavy atom. The smallest absolute Gasteiger partial charge is 0.191 e. The van der Waals surface area contributed by atoms with Crippen molar-refractivity contribution in [3.05, 3.63) is 52.4 Å². The molecule has 4 nitrogen and oxygen atoms in total. The summed E-state index contributed by atoms with van der Waals surface area (Å²) in [6.45, 7) is 1.66. The van der Waals surface area contributed by atoms with Gasteiger partial charge in [0.15, 0.2) is 11.0 Å². The summed E-state index contributed by atoms with van der Waals surface area (Å²) in [5.74, 6) is 1.74. The summed E-state index contributed by atoms with van der Waals surface area (Å²) in [6.07, 6.45) is 2.48. The van der Waals surface area contributed by atoms with E-state index in [4.69, 9.17) is 16.3 Å². The summed E-state index contributed by atoms with van der Waals surface area (Å²) in [6, 6.07) is 12.1. The number of benzene rings is 1. The van der Waals surface area contributed by atoms with Crippen LogP contribution in [0.5, 0.6) is 0 Å². The van der Waals surface area contributed by atoms with Gasteiger partial charge in [0.25, 0.3) is 0 Å². The number of aromatic nitrogens is 3. The minimum atomic E-state index is 0.250.